The summed E-state index contributed by atoms with van der Waals surface area (Å²) >= 11 is 0. The lowest BCUT2D eigenvalue weighted by molar-refractivity contribution is -0.122. The number of hydrogen-bond donors (Lipinski definition) is 2. The van der Waals surface area contributed by atoms with Crippen molar-refractivity contribution in [3.05, 3.63) is 29.8 Å². The maximum atomic E-state index is 11.6. The van der Waals surface area contributed by atoms with E-state index >= 15 is 0 Å². The van der Waals surface area contributed by atoms with Crippen LogP contribution in [-0.4, -0.2) is 17.9 Å². The fraction of sp³-hybridized carbons (Fsp3) is 0.286. The molecule has 1 aromatic rings. The lowest BCUT2D eigenvalue weighted by Gasteiger charge is -2.23. The van der Waals surface area contributed by atoms with Gasteiger partial charge in [0.1, 0.15) is 5.75 Å². The van der Waals surface area contributed by atoms with E-state index in [9.17, 15) is 9.59 Å². The smallest absolute Gasteiger partial charge is 0.265 e. The zero-order chi connectivity index (χ0) is 14.0. The van der Waals surface area contributed by atoms with Gasteiger partial charge >= 0.3 is 0 Å². The van der Waals surface area contributed by atoms with Crippen molar-refractivity contribution in [1.82, 2.24) is 0 Å². The summed E-state index contributed by atoms with van der Waals surface area (Å²) in [6.07, 6.45) is 1.01. The number of allylic oxidation sites excluding steroid dienone is 1. The number of fused-ring (bicyclic) bond motifs is 1. The van der Waals surface area contributed by atoms with Gasteiger partial charge < -0.3 is 15.4 Å². The Morgan fingerprint density at radius 1 is 1.42 bits per heavy atom. The van der Waals surface area contributed by atoms with Crippen molar-refractivity contribution in [1.29, 1.82) is 0 Å². The molecule has 1 heterocycles. The van der Waals surface area contributed by atoms with Crippen LogP contribution in [0.25, 0.3) is 0 Å². The second-order valence-corrected chi connectivity index (χ2v) is 4.67. The molecule has 0 radical (unpaired) electrons. The van der Waals surface area contributed by atoms with E-state index < -0.39 is 6.10 Å². The summed E-state index contributed by atoms with van der Waals surface area (Å²) < 4.78 is 5.43. The Morgan fingerprint density at radius 2 is 2.16 bits per heavy atom. The largest absolute Gasteiger partial charge is 0.479 e. The molecule has 2 N–H and O–H groups in total. The van der Waals surface area contributed by atoms with Gasteiger partial charge in [0.15, 0.2) is 6.10 Å². The highest BCUT2D eigenvalue weighted by Gasteiger charge is 2.23. The number of rotatable bonds is 2. The Morgan fingerprint density at radius 3 is 2.84 bits per heavy atom. The normalized spacial score (nSPS) is 16.8. The van der Waals surface area contributed by atoms with Crippen LogP contribution >= 0.6 is 0 Å². The van der Waals surface area contributed by atoms with Crippen LogP contribution in [0.4, 0.5) is 11.4 Å². The van der Waals surface area contributed by atoms with Crippen LogP contribution in [0.1, 0.15) is 20.8 Å². The highest BCUT2D eigenvalue weighted by atomic mass is 16.5. The second kappa shape index (κ2) is 5.14. The van der Waals surface area contributed by atoms with Gasteiger partial charge in [-0.25, -0.2) is 0 Å². The number of hydrogen-bond acceptors (Lipinski definition) is 3. The van der Waals surface area contributed by atoms with Crippen molar-refractivity contribution in [2.45, 2.75) is 26.9 Å². The molecule has 5 nitrogen and oxygen atoms in total. The van der Waals surface area contributed by atoms with Crippen LogP contribution in [0.15, 0.2) is 29.8 Å². The van der Waals surface area contributed by atoms with Gasteiger partial charge in [-0.3, -0.25) is 9.59 Å². The molecule has 0 aromatic heterocycles. The average Bonchev–Trinajstić information content (AvgIpc) is 2.30. The molecule has 1 atom stereocenters. The number of ether oxygens (including phenoxy) is 1. The van der Waals surface area contributed by atoms with Crippen LogP contribution in [-0.2, 0) is 9.59 Å². The molecule has 0 bridgehead atoms. The minimum absolute atomic E-state index is 0.194. The number of benzene rings is 1. The number of nitrogens with one attached hydrogen (secondary N) is 2. The van der Waals surface area contributed by atoms with Crippen molar-refractivity contribution >= 4 is 23.2 Å². The van der Waals surface area contributed by atoms with Crippen LogP contribution in [0.2, 0.25) is 0 Å². The zero-order valence-corrected chi connectivity index (χ0v) is 11.1. The zero-order valence-electron chi connectivity index (χ0n) is 11.1. The molecular weight excluding hydrogens is 244 g/mol. The summed E-state index contributed by atoms with van der Waals surface area (Å²) in [4.78, 5) is 23.1. The molecule has 0 spiro atoms. The van der Waals surface area contributed by atoms with Gasteiger partial charge in [0.2, 0.25) is 5.91 Å². The summed E-state index contributed by atoms with van der Waals surface area (Å²) in [6.45, 7) is 5.38. The van der Waals surface area contributed by atoms with E-state index in [0.717, 1.165) is 5.57 Å². The highest BCUT2D eigenvalue weighted by Crippen LogP contribution is 2.32. The molecule has 1 aromatic carbocycles. The first-order chi connectivity index (χ1) is 8.95. The van der Waals surface area contributed by atoms with E-state index in [-0.39, 0.29) is 11.8 Å². The fourth-order valence-electron chi connectivity index (χ4n) is 1.73. The van der Waals surface area contributed by atoms with Crippen molar-refractivity contribution in [3.8, 4) is 5.75 Å². The summed E-state index contributed by atoms with van der Waals surface area (Å²) in [5, 5.41) is 5.46. The standard InChI is InChI=1S/C14H16N2O3/c1-8(2)6-13(17)15-10-4-5-12-11(7-10)16-14(18)9(3)19-12/h4-7,9H,1-3H3,(H,15,17)(H,16,18)/t9-/m0/s1. The Hall–Kier alpha value is -2.30. The van der Waals surface area contributed by atoms with E-state index in [0.29, 0.717) is 17.1 Å². The molecule has 19 heavy (non-hydrogen) atoms. The molecule has 2 amide bonds. The molecule has 0 saturated heterocycles. The SMILES string of the molecule is CC(C)=CC(=O)Nc1ccc2c(c1)NC(=O)[C@H](C)O2. The lowest BCUT2D eigenvalue weighted by Crippen LogP contribution is -2.34. The molecule has 5 heteroatoms. The van der Waals surface area contributed by atoms with Gasteiger partial charge in [-0.2, -0.15) is 0 Å². The minimum atomic E-state index is -0.501. The topological polar surface area (TPSA) is 67.4 Å². The van der Waals surface area contributed by atoms with Gasteiger partial charge in [-0.15, -0.1) is 0 Å². The number of amides is 2. The molecule has 1 aliphatic rings. The predicted octanol–water partition coefficient (Wildman–Crippen LogP) is 2.31. The third kappa shape index (κ3) is 3.13. The maximum absolute atomic E-state index is 11.6. The quantitative estimate of drug-likeness (QED) is 0.802. The Bertz CT molecular complexity index is 560. The Balaban J connectivity index is 2.18. The van der Waals surface area contributed by atoms with Crippen molar-refractivity contribution < 1.29 is 14.3 Å². The maximum Gasteiger partial charge on any atom is 0.265 e. The third-order valence-electron chi connectivity index (χ3n) is 2.60. The average molecular weight is 260 g/mol. The molecule has 0 saturated carbocycles. The molecule has 0 aliphatic carbocycles. The van der Waals surface area contributed by atoms with E-state index in [1.165, 1.54) is 6.08 Å². The fourth-order valence-corrected chi connectivity index (χ4v) is 1.73. The molecule has 2 rings (SSSR count). The Kier molecular flexibility index (Phi) is 3.55. The lowest BCUT2D eigenvalue weighted by atomic mass is 10.2. The summed E-state index contributed by atoms with van der Waals surface area (Å²) in [7, 11) is 0. The van der Waals surface area contributed by atoms with Crippen molar-refractivity contribution in [2.75, 3.05) is 10.6 Å². The first kappa shape index (κ1) is 13.1. The third-order valence-corrected chi connectivity index (χ3v) is 2.60. The predicted molar refractivity (Wildman–Crippen MR) is 73.2 cm³/mol. The monoisotopic (exact) mass is 260 g/mol. The highest BCUT2D eigenvalue weighted by molar-refractivity contribution is 6.02. The summed E-state index contributed by atoms with van der Waals surface area (Å²) in [6, 6.07) is 5.14. The number of anilines is 2. The van der Waals surface area contributed by atoms with Crippen LogP contribution in [0.5, 0.6) is 5.75 Å². The molecular formula is C14H16N2O3. The van der Waals surface area contributed by atoms with Crippen LogP contribution < -0.4 is 15.4 Å². The second-order valence-electron chi connectivity index (χ2n) is 4.67. The molecule has 100 valence electrons. The molecule has 0 unspecified atom stereocenters. The van der Waals surface area contributed by atoms with Gasteiger partial charge in [-0.05, 0) is 39.0 Å². The van der Waals surface area contributed by atoms with Crippen LogP contribution in [0, 0.1) is 0 Å². The number of carbonyl (C=O) groups is 2. The van der Waals surface area contributed by atoms with E-state index in [1.807, 2.05) is 13.8 Å². The van der Waals surface area contributed by atoms with Gasteiger partial charge in [0.25, 0.3) is 5.91 Å². The summed E-state index contributed by atoms with van der Waals surface area (Å²) in [5.74, 6) is 0.212. The molecule has 1 aliphatic heterocycles. The minimum Gasteiger partial charge on any atom is -0.479 e. The first-order valence-corrected chi connectivity index (χ1v) is 6.03. The Labute approximate surface area is 111 Å². The van der Waals surface area contributed by atoms with Crippen LogP contribution in [0.3, 0.4) is 0 Å². The van der Waals surface area contributed by atoms with Gasteiger partial charge in [0.05, 0.1) is 5.69 Å². The number of carbonyl (C=O) groups excluding carboxylic acids is 2. The van der Waals surface area contributed by atoms with E-state index in [2.05, 4.69) is 10.6 Å². The van der Waals surface area contributed by atoms with E-state index in [1.54, 1.807) is 25.1 Å². The first-order valence-electron chi connectivity index (χ1n) is 6.03. The van der Waals surface area contributed by atoms with E-state index in [4.69, 9.17) is 4.74 Å². The molecule has 0 fully saturated rings. The van der Waals surface area contributed by atoms with Gasteiger partial charge in [0, 0.05) is 11.8 Å². The van der Waals surface area contributed by atoms with Gasteiger partial charge in [-0.1, -0.05) is 5.57 Å². The van der Waals surface area contributed by atoms with Crippen molar-refractivity contribution in [3.63, 3.8) is 0 Å². The summed E-state index contributed by atoms with van der Waals surface area (Å²) in [5.41, 5.74) is 2.10. The van der Waals surface area contributed by atoms with Crippen molar-refractivity contribution in [2.24, 2.45) is 0 Å².